The zero-order valence-electron chi connectivity index (χ0n) is 11.3. The second-order valence-corrected chi connectivity index (χ2v) is 7.02. The van der Waals surface area contributed by atoms with Crippen molar-refractivity contribution >= 4 is 39.5 Å². The predicted molar refractivity (Wildman–Crippen MR) is 83.1 cm³/mol. The minimum absolute atomic E-state index is 0. The van der Waals surface area contributed by atoms with Gasteiger partial charge in [-0.2, -0.15) is 0 Å². The third kappa shape index (κ3) is 3.43. The molecule has 0 aromatic heterocycles. The van der Waals surface area contributed by atoms with Crippen molar-refractivity contribution in [3.63, 3.8) is 0 Å². The van der Waals surface area contributed by atoms with Gasteiger partial charge >= 0.3 is 0 Å². The Balaban J connectivity index is 0.00000200. The smallest absolute Gasteiger partial charge is 0.242 e. The van der Waals surface area contributed by atoms with E-state index in [9.17, 15) is 13.2 Å². The van der Waals surface area contributed by atoms with Crippen molar-refractivity contribution in [2.24, 2.45) is 0 Å². The van der Waals surface area contributed by atoms with E-state index in [0.717, 1.165) is 24.1 Å². The first kappa shape index (κ1) is 16.8. The second-order valence-electron chi connectivity index (χ2n) is 4.67. The van der Waals surface area contributed by atoms with E-state index in [1.807, 2.05) is 6.07 Å². The van der Waals surface area contributed by atoms with Crippen LogP contribution in [0.5, 0.6) is 0 Å². The van der Waals surface area contributed by atoms with E-state index >= 15 is 0 Å². The summed E-state index contributed by atoms with van der Waals surface area (Å²) < 4.78 is 23.1. The van der Waals surface area contributed by atoms with Crippen molar-refractivity contribution in [1.29, 1.82) is 0 Å². The first-order valence-electron chi connectivity index (χ1n) is 6.33. The van der Waals surface area contributed by atoms with E-state index < -0.39 is 15.6 Å². The van der Waals surface area contributed by atoms with Crippen LogP contribution < -0.4 is 10.6 Å². The van der Waals surface area contributed by atoms with Gasteiger partial charge in [0.2, 0.25) is 5.91 Å². The molecule has 1 aromatic rings. The van der Waals surface area contributed by atoms with Crippen LogP contribution in [0.1, 0.15) is 18.9 Å². The number of sulfone groups is 1. The topological polar surface area (TPSA) is 80.5 Å². The second kappa shape index (κ2) is 6.45. The van der Waals surface area contributed by atoms with Crippen molar-refractivity contribution < 1.29 is 13.2 Å². The number of amides is 1. The highest BCUT2D eigenvalue weighted by Gasteiger charge is 2.26. The molecule has 0 bridgehead atoms. The van der Waals surface area contributed by atoms with Gasteiger partial charge in [-0.15, -0.1) is 12.4 Å². The number of rotatable bonds is 3. The summed E-state index contributed by atoms with van der Waals surface area (Å²) in [7, 11) is -3.30. The third-order valence-corrected chi connectivity index (χ3v) is 4.94. The highest BCUT2D eigenvalue weighted by atomic mass is 35.5. The lowest BCUT2D eigenvalue weighted by atomic mass is 10.00. The van der Waals surface area contributed by atoms with Crippen molar-refractivity contribution in [2.45, 2.75) is 19.8 Å². The Bertz CT molecular complexity index is 602. The number of carbonyl (C=O) groups excluding carboxylic acids is 1. The molecule has 0 radical (unpaired) electrons. The van der Waals surface area contributed by atoms with Crippen molar-refractivity contribution in [3.8, 4) is 0 Å². The summed E-state index contributed by atoms with van der Waals surface area (Å²) in [6.45, 7) is 2.10. The number of anilines is 2. The normalized spacial score (nSPS) is 14.3. The summed E-state index contributed by atoms with van der Waals surface area (Å²) in [5.74, 6) is -0.818. The van der Waals surface area contributed by atoms with Crippen molar-refractivity contribution in [3.05, 3.63) is 23.8 Å². The minimum atomic E-state index is -3.30. The van der Waals surface area contributed by atoms with Crippen LogP contribution in [-0.2, 0) is 21.1 Å². The Morgan fingerprint density at radius 1 is 1.40 bits per heavy atom. The number of hydrogen-bond acceptors (Lipinski definition) is 4. The number of hydrogen-bond donors (Lipinski definition) is 1. The molecular weight excluding hydrogens is 300 g/mol. The maximum atomic E-state index is 12.2. The lowest BCUT2D eigenvalue weighted by Gasteiger charge is -2.30. The van der Waals surface area contributed by atoms with Crippen LogP contribution in [0.15, 0.2) is 18.2 Å². The molecule has 0 saturated carbocycles. The van der Waals surface area contributed by atoms with Crippen LogP contribution in [0.3, 0.4) is 0 Å². The molecule has 0 atom stereocenters. The zero-order valence-corrected chi connectivity index (χ0v) is 13.0. The van der Waals surface area contributed by atoms with E-state index in [0.29, 0.717) is 12.2 Å². The zero-order chi connectivity index (χ0) is 14.0. The fraction of sp³-hybridized carbons (Fsp3) is 0.462. The average molecular weight is 319 g/mol. The minimum Gasteiger partial charge on any atom is -0.398 e. The fourth-order valence-corrected chi connectivity index (χ4v) is 3.02. The van der Waals surface area contributed by atoms with Gasteiger partial charge in [-0.25, -0.2) is 8.42 Å². The van der Waals surface area contributed by atoms with Gasteiger partial charge in [-0.1, -0.05) is 13.0 Å². The summed E-state index contributed by atoms with van der Waals surface area (Å²) in [5, 5.41) is 0. The lowest BCUT2D eigenvalue weighted by molar-refractivity contribution is -0.116. The SMILES string of the molecule is CCS(=O)(=O)CC(=O)N1CCCc2c(N)cccc21.Cl. The Hall–Kier alpha value is -1.27. The Kier molecular flexibility index (Phi) is 5.42. The first-order valence-corrected chi connectivity index (χ1v) is 8.15. The standard InChI is InChI=1S/C13H18N2O3S.ClH/c1-2-19(17,18)9-13(16)15-8-4-5-10-11(14)6-3-7-12(10)15;/h3,6-7H,2,4-5,8-9,14H2,1H3;1H. The quantitative estimate of drug-likeness (QED) is 0.854. The van der Waals surface area contributed by atoms with Crippen molar-refractivity contribution in [1.82, 2.24) is 0 Å². The lowest BCUT2D eigenvalue weighted by Crippen LogP contribution is -2.39. The van der Waals surface area contributed by atoms with E-state index in [2.05, 4.69) is 0 Å². The van der Waals surface area contributed by atoms with Gasteiger partial charge in [0, 0.05) is 23.7 Å². The van der Waals surface area contributed by atoms with Gasteiger partial charge in [0.05, 0.1) is 0 Å². The molecule has 0 unspecified atom stereocenters. The molecule has 1 aliphatic rings. The molecule has 0 fully saturated rings. The highest BCUT2D eigenvalue weighted by Crippen LogP contribution is 2.31. The summed E-state index contributed by atoms with van der Waals surface area (Å²) in [6, 6.07) is 5.41. The monoisotopic (exact) mass is 318 g/mol. The van der Waals surface area contributed by atoms with Crippen LogP contribution >= 0.6 is 12.4 Å². The molecule has 7 heteroatoms. The predicted octanol–water partition coefficient (Wildman–Crippen LogP) is 1.40. The van der Waals surface area contributed by atoms with Crippen LogP contribution in [0.25, 0.3) is 0 Å². The maximum absolute atomic E-state index is 12.2. The molecule has 20 heavy (non-hydrogen) atoms. The molecule has 1 aliphatic heterocycles. The largest absolute Gasteiger partial charge is 0.398 e. The number of nitrogens with zero attached hydrogens (tertiary/aromatic N) is 1. The van der Waals surface area contributed by atoms with E-state index in [1.165, 1.54) is 0 Å². The van der Waals surface area contributed by atoms with Crippen molar-refractivity contribution in [2.75, 3.05) is 28.7 Å². The molecule has 112 valence electrons. The molecule has 0 saturated heterocycles. The highest BCUT2D eigenvalue weighted by molar-refractivity contribution is 7.92. The van der Waals surface area contributed by atoms with Gasteiger partial charge in [-0.05, 0) is 30.5 Å². The third-order valence-electron chi connectivity index (χ3n) is 3.37. The molecule has 0 spiro atoms. The van der Waals surface area contributed by atoms with E-state index in [4.69, 9.17) is 5.73 Å². The van der Waals surface area contributed by atoms with E-state index in [-0.39, 0.29) is 24.1 Å². The van der Waals surface area contributed by atoms with Gasteiger partial charge in [0.15, 0.2) is 9.84 Å². The molecule has 1 aromatic carbocycles. The van der Waals surface area contributed by atoms with Crippen LogP contribution in [-0.4, -0.2) is 32.4 Å². The molecule has 2 rings (SSSR count). The average Bonchev–Trinajstić information content (AvgIpc) is 2.38. The Labute approximate surface area is 125 Å². The number of nitrogens with two attached hydrogens (primary N) is 1. The number of carbonyl (C=O) groups is 1. The molecule has 5 nitrogen and oxygen atoms in total. The summed E-state index contributed by atoms with van der Waals surface area (Å²) in [5.41, 5.74) is 8.25. The summed E-state index contributed by atoms with van der Waals surface area (Å²) in [6.07, 6.45) is 1.63. The van der Waals surface area contributed by atoms with Crippen LogP contribution in [0.2, 0.25) is 0 Å². The Morgan fingerprint density at radius 3 is 2.75 bits per heavy atom. The summed E-state index contributed by atoms with van der Waals surface area (Å²) >= 11 is 0. The number of benzene rings is 1. The number of halogens is 1. The maximum Gasteiger partial charge on any atom is 0.242 e. The first-order chi connectivity index (χ1) is 8.94. The fourth-order valence-electron chi connectivity index (χ4n) is 2.28. The molecule has 0 aliphatic carbocycles. The molecule has 1 heterocycles. The molecule has 1 amide bonds. The number of fused-ring (bicyclic) bond motifs is 1. The van der Waals surface area contributed by atoms with Gasteiger partial charge in [0.1, 0.15) is 5.75 Å². The summed E-state index contributed by atoms with van der Waals surface area (Å²) in [4.78, 5) is 13.7. The van der Waals surface area contributed by atoms with Gasteiger partial charge in [0.25, 0.3) is 0 Å². The number of nitrogen functional groups attached to an aromatic ring is 1. The van der Waals surface area contributed by atoms with Crippen LogP contribution in [0.4, 0.5) is 11.4 Å². The van der Waals surface area contributed by atoms with Gasteiger partial charge in [-0.3, -0.25) is 4.79 Å². The van der Waals surface area contributed by atoms with E-state index in [1.54, 1.807) is 24.0 Å². The Morgan fingerprint density at radius 2 is 2.10 bits per heavy atom. The molecular formula is C13H19ClN2O3S. The van der Waals surface area contributed by atoms with Gasteiger partial charge < -0.3 is 10.6 Å². The molecule has 2 N–H and O–H groups in total. The van der Waals surface area contributed by atoms with Crippen LogP contribution in [0, 0.1) is 0 Å².